The molecule has 0 atom stereocenters. The fourth-order valence-corrected chi connectivity index (χ4v) is 1.20. The second kappa shape index (κ2) is 1.80. The Hall–Kier alpha value is 0.240. The SMILES string of the molecule is [S]C1=NCCS1. The number of nitrogens with zero attached hydrogens (tertiary/aromatic N) is 1. The van der Waals surface area contributed by atoms with Gasteiger partial charge in [-0.1, -0.05) is 24.4 Å². The number of hydrogen-bond acceptors (Lipinski definition) is 2. The van der Waals surface area contributed by atoms with Crippen LogP contribution in [0, 0.1) is 0 Å². The third kappa shape index (κ3) is 0.849. The van der Waals surface area contributed by atoms with Crippen molar-refractivity contribution in [2.45, 2.75) is 0 Å². The zero-order chi connectivity index (χ0) is 4.41. The standard InChI is InChI=1S/C3H4NS2/c5-3-4-1-2-6-3/h1-2H2. The highest BCUT2D eigenvalue weighted by Gasteiger charge is 1.99. The average molecular weight is 118 g/mol. The lowest BCUT2D eigenvalue weighted by atomic mass is 10.8. The second-order valence-electron chi connectivity index (χ2n) is 0.996. The molecule has 0 aliphatic carbocycles. The van der Waals surface area contributed by atoms with Gasteiger partial charge in [-0.25, -0.2) is 0 Å². The molecule has 1 aliphatic heterocycles. The van der Waals surface area contributed by atoms with E-state index < -0.39 is 0 Å². The van der Waals surface area contributed by atoms with E-state index in [1.165, 1.54) is 0 Å². The van der Waals surface area contributed by atoms with Crippen LogP contribution in [0.3, 0.4) is 0 Å². The molecule has 1 aliphatic rings. The van der Waals surface area contributed by atoms with E-state index in [9.17, 15) is 0 Å². The topological polar surface area (TPSA) is 12.4 Å². The Kier molecular flexibility index (Phi) is 1.32. The minimum Gasteiger partial charge on any atom is -0.267 e. The van der Waals surface area contributed by atoms with E-state index in [-0.39, 0.29) is 0 Å². The molecule has 0 bridgehead atoms. The van der Waals surface area contributed by atoms with Crippen molar-refractivity contribution in [3.8, 4) is 0 Å². The van der Waals surface area contributed by atoms with E-state index in [0.29, 0.717) is 0 Å². The first kappa shape index (κ1) is 4.40. The molecule has 3 heteroatoms. The van der Waals surface area contributed by atoms with E-state index >= 15 is 0 Å². The molecule has 33 valence electrons. The summed E-state index contributed by atoms with van der Waals surface area (Å²) in [6.45, 7) is 0.934. The fourth-order valence-electron chi connectivity index (χ4n) is 0.316. The predicted octanol–water partition coefficient (Wildman–Crippen LogP) is 1.29. The lowest BCUT2D eigenvalue weighted by molar-refractivity contribution is 1.18. The van der Waals surface area contributed by atoms with E-state index in [1.807, 2.05) is 0 Å². The van der Waals surface area contributed by atoms with Crippen LogP contribution < -0.4 is 0 Å². The van der Waals surface area contributed by atoms with Gasteiger partial charge in [-0.05, 0) is 0 Å². The van der Waals surface area contributed by atoms with Crippen LogP contribution in [0.1, 0.15) is 0 Å². The zero-order valence-corrected chi connectivity index (χ0v) is 4.81. The molecule has 0 amide bonds. The first-order valence-electron chi connectivity index (χ1n) is 1.74. The average Bonchev–Trinajstić information content (AvgIpc) is 1.86. The van der Waals surface area contributed by atoms with Crippen LogP contribution in [0.5, 0.6) is 0 Å². The van der Waals surface area contributed by atoms with Crippen LogP contribution in [-0.4, -0.2) is 16.7 Å². The van der Waals surface area contributed by atoms with Gasteiger partial charge in [0.05, 0.1) is 6.54 Å². The molecule has 1 heterocycles. The van der Waals surface area contributed by atoms with Gasteiger partial charge in [0, 0.05) is 5.75 Å². The van der Waals surface area contributed by atoms with E-state index in [0.717, 1.165) is 16.7 Å². The first-order chi connectivity index (χ1) is 2.89. The summed E-state index contributed by atoms with van der Waals surface area (Å²) in [5, 5.41) is 0. The maximum Gasteiger partial charge on any atom is 0.155 e. The van der Waals surface area contributed by atoms with Crippen LogP contribution in [0.25, 0.3) is 0 Å². The van der Waals surface area contributed by atoms with Gasteiger partial charge in [0.1, 0.15) is 0 Å². The van der Waals surface area contributed by atoms with Crippen molar-refractivity contribution >= 4 is 28.8 Å². The van der Waals surface area contributed by atoms with Crippen molar-refractivity contribution in [3.63, 3.8) is 0 Å². The summed E-state index contributed by atoms with van der Waals surface area (Å²) in [7, 11) is 0. The Balaban J connectivity index is 2.45. The van der Waals surface area contributed by atoms with Gasteiger partial charge in [-0.15, -0.1) is 0 Å². The van der Waals surface area contributed by atoms with Crippen LogP contribution in [0.4, 0.5) is 0 Å². The molecular formula is C3H4NS2. The molecule has 0 aromatic rings. The van der Waals surface area contributed by atoms with E-state index in [4.69, 9.17) is 12.6 Å². The predicted molar refractivity (Wildman–Crippen MR) is 32.4 cm³/mol. The molecular weight excluding hydrogens is 114 g/mol. The molecule has 0 aromatic heterocycles. The van der Waals surface area contributed by atoms with Gasteiger partial charge < -0.3 is 0 Å². The second-order valence-corrected chi connectivity index (χ2v) is 2.72. The van der Waals surface area contributed by atoms with Gasteiger partial charge in [0.2, 0.25) is 0 Å². The van der Waals surface area contributed by atoms with E-state index in [2.05, 4.69) is 4.99 Å². The molecule has 0 N–H and O–H groups in total. The van der Waals surface area contributed by atoms with Crippen molar-refractivity contribution in [2.75, 3.05) is 12.3 Å². The number of rotatable bonds is 0. The maximum atomic E-state index is 4.72. The van der Waals surface area contributed by atoms with Crippen LogP contribution >= 0.6 is 24.4 Å². The van der Waals surface area contributed by atoms with Gasteiger partial charge >= 0.3 is 0 Å². The van der Waals surface area contributed by atoms with Crippen molar-refractivity contribution in [2.24, 2.45) is 4.99 Å². The number of hydrogen-bond donors (Lipinski definition) is 0. The highest BCUT2D eigenvalue weighted by atomic mass is 32.2. The summed E-state index contributed by atoms with van der Waals surface area (Å²) in [6.07, 6.45) is 0. The third-order valence-corrected chi connectivity index (χ3v) is 1.80. The van der Waals surface area contributed by atoms with Crippen molar-refractivity contribution in [1.82, 2.24) is 0 Å². The van der Waals surface area contributed by atoms with E-state index in [1.54, 1.807) is 11.8 Å². The monoisotopic (exact) mass is 118 g/mol. The van der Waals surface area contributed by atoms with Crippen molar-refractivity contribution in [3.05, 3.63) is 0 Å². The zero-order valence-electron chi connectivity index (χ0n) is 3.18. The van der Waals surface area contributed by atoms with Gasteiger partial charge in [-0.2, -0.15) is 0 Å². The van der Waals surface area contributed by atoms with Gasteiger partial charge in [-0.3, -0.25) is 4.99 Å². The molecule has 0 unspecified atom stereocenters. The minimum absolute atomic E-state index is 0.829. The summed E-state index contributed by atoms with van der Waals surface area (Å²) in [6, 6.07) is 0. The Bertz CT molecular complexity index is 78.9. The number of aliphatic imine (C=N–C) groups is 1. The highest BCUT2D eigenvalue weighted by Crippen LogP contribution is 2.12. The largest absolute Gasteiger partial charge is 0.267 e. The molecule has 0 spiro atoms. The smallest absolute Gasteiger partial charge is 0.155 e. The minimum atomic E-state index is 0.829. The van der Waals surface area contributed by atoms with Gasteiger partial charge in [0.15, 0.2) is 4.38 Å². The van der Waals surface area contributed by atoms with Crippen LogP contribution in [0.2, 0.25) is 0 Å². The molecule has 0 saturated carbocycles. The Morgan fingerprint density at radius 3 is 2.83 bits per heavy atom. The molecule has 1 radical (unpaired) electrons. The summed E-state index contributed by atoms with van der Waals surface area (Å²) in [4.78, 5) is 3.93. The van der Waals surface area contributed by atoms with Crippen LogP contribution in [0.15, 0.2) is 4.99 Å². The summed E-state index contributed by atoms with van der Waals surface area (Å²) in [5.74, 6) is 1.10. The normalized spacial score (nSPS) is 21.0. The lowest BCUT2D eigenvalue weighted by Crippen LogP contribution is -1.69. The molecule has 0 saturated heterocycles. The summed E-state index contributed by atoms with van der Waals surface area (Å²) >= 11 is 6.38. The Morgan fingerprint density at radius 2 is 2.67 bits per heavy atom. The fraction of sp³-hybridized carbons (Fsp3) is 0.667. The molecule has 0 aromatic carbocycles. The Labute approximate surface area is 46.6 Å². The number of thioether (sulfide) groups is 1. The maximum absolute atomic E-state index is 4.72. The molecule has 1 rings (SSSR count). The molecule has 0 fully saturated rings. The quantitative estimate of drug-likeness (QED) is 0.467. The molecule has 1 nitrogen and oxygen atoms in total. The molecule has 6 heavy (non-hydrogen) atoms. The first-order valence-corrected chi connectivity index (χ1v) is 3.13. The summed E-state index contributed by atoms with van der Waals surface area (Å²) < 4.78 is 0.829. The third-order valence-electron chi connectivity index (χ3n) is 0.558. The summed E-state index contributed by atoms with van der Waals surface area (Å²) in [5.41, 5.74) is 0. The van der Waals surface area contributed by atoms with Crippen molar-refractivity contribution in [1.29, 1.82) is 0 Å². The van der Waals surface area contributed by atoms with Gasteiger partial charge in [0.25, 0.3) is 0 Å². The van der Waals surface area contributed by atoms with Crippen LogP contribution in [-0.2, 0) is 0 Å². The van der Waals surface area contributed by atoms with Crippen molar-refractivity contribution < 1.29 is 0 Å². The lowest BCUT2D eigenvalue weighted by Gasteiger charge is -1.73. The Morgan fingerprint density at radius 1 is 1.83 bits per heavy atom. The highest BCUT2D eigenvalue weighted by molar-refractivity contribution is 8.32.